The van der Waals surface area contributed by atoms with E-state index >= 15 is 42.7 Å². The van der Waals surface area contributed by atoms with E-state index in [9.17, 15) is 52.8 Å². The normalized spacial score (nSPS) is 24.4. The molecule has 9 rings (SSSR count). The number of nitrogens with one attached hydrogen (secondary N) is 5. The Kier molecular flexibility index (Phi) is 32.6. The molecule has 0 spiro atoms. The first-order valence-electron chi connectivity index (χ1n) is 39.5. The van der Waals surface area contributed by atoms with Crippen LogP contribution < -0.4 is 26.6 Å². The van der Waals surface area contributed by atoms with Crippen molar-refractivity contribution in [2.75, 3.05) is 32.6 Å². The third kappa shape index (κ3) is 25.8. The van der Waals surface area contributed by atoms with Gasteiger partial charge in [-0.25, -0.2) is 17.6 Å². The van der Waals surface area contributed by atoms with Crippen molar-refractivity contribution in [3.8, 4) is 5.75 Å². The number of fused-ring (bicyclic) bond motifs is 1. The van der Waals surface area contributed by atoms with Gasteiger partial charge in [-0.15, -0.1) is 0 Å². The standard InChI is InChI=1S/C88H101Cl2FN8O19S/c1-50-81(108)96-80(52(3)101)84(111)93-68(33-35-119(6,117)118)86(113)97(4)73(43-54-20-11-8-12-21-54)78(106)49-66(51(2)100)82(109)94-69(44-59-31-30-58-24-13-14-27-65(58)59)83(110)95-70(41-56-23-16-26-64(90)39-56)87(114)98(5)72(42-53-18-9-7-10-19-53)77(105)46-61(37-57-29-32-74(102)67(91)40-57)75(103)45-60(36-55-22-15-25-63(89)38-55)76(104)47-62(48-79(107)92-50)85(112)99-34-17-28-71(99)88(115)116/h7-16,18-27,29,31-32,38-40,50-52,60-62,66,68-73,80,100-102H,17,28,30,33-37,41-49H2,1-6H3,(H,92,107)(H,93,111)(H,94,109)(H,95,110)(H,96,108)(H,115,116)/t50-,51+,52+,60+,61+,62-,66-,68-,69-,70-,71-,72-,73?,80-/m0/s1. The number of Topliss-reactive ketones (excluding diaryl/α,β-unsaturated/α-hetero) is 4. The van der Waals surface area contributed by atoms with Gasteiger partial charge in [0.05, 0.1) is 41.9 Å². The van der Waals surface area contributed by atoms with E-state index < -0.39 is 233 Å². The molecule has 3 aliphatic rings. The number of hydrogen-bond donors (Lipinski definition) is 9. The summed E-state index contributed by atoms with van der Waals surface area (Å²) in [5, 5.41) is 56.9. The summed E-state index contributed by atoms with van der Waals surface area (Å²) in [6, 6.07) is 26.7. The third-order valence-electron chi connectivity index (χ3n) is 22.1. The molecule has 31 heteroatoms. The van der Waals surface area contributed by atoms with Crippen LogP contribution in [-0.4, -0.2) is 213 Å². The lowest BCUT2D eigenvalue weighted by Crippen LogP contribution is -2.60. The van der Waals surface area contributed by atoms with Crippen molar-refractivity contribution < 1.29 is 95.6 Å². The zero-order chi connectivity index (χ0) is 86.7. The number of amides is 8. The number of hydrogen-bond acceptors (Lipinski definition) is 18. The summed E-state index contributed by atoms with van der Waals surface area (Å²) >= 11 is 13.1. The van der Waals surface area contributed by atoms with E-state index in [2.05, 4.69) is 26.6 Å². The first-order valence-corrected chi connectivity index (χ1v) is 42.3. The van der Waals surface area contributed by atoms with Crippen LogP contribution in [0, 0.1) is 29.5 Å². The van der Waals surface area contributed by atoms with Crippen LogP contribution in [0.5, 0.6) is 5.75 Å². The summed E-state index contributed by atoms with van der Waals surface area (Å²) < 4.78 is 41.3. The summed E-state index contributed by atoms with van der Waals surface area (Å²) in [5.74, 6) is -21.9. The second kappa shape index (κ2) is 42.2. The molecule has 0 saturated carbocycles. The molecule has 6 aromatic carbocycles. The lowest BCUT2D eigenvalue weighted by molar-refractivity contribution is -0.151. The van der Waals surface area contributed by atoms with E-state index in [4.69, 9.17) is 23.2 Å². The Hall–Kier alpha value is -10.8. The molecular formula is C88H101Cl2FN8O19S. The molecule has 8 amide bonds. The average molecular weight is 1700 g/mol. The van der Waals surface area contributed by atoms with E-state index in [1.54, 1.807) is 109 Å². The number of carbonyl (C=O) groups is 13. The molecule has 1 unspecified atom stereocenters. The Morgan fingerprint density at radius 3 is 1.63 bits per heavy atom. The zero-order valence-electron chi connectivity index (χ0n) is 66.9. The minimum absolute atomic E-state index is 0.00442. The van der Waals surface area contributed by atoms with Gasteiger partial charge in [0.25, 0.3) is 0 Å². The highest BCUT2D eigenvalue weighted by Crippen LogP contribution is 2.34. The highest BCUT2D eigenvalue weighted by Gasteiger charge is 2.44. The number of aromatic hydroxyl groups is 1. The van der Waals surface area contributed by atoms with Crippen molar-refractivity contribution in [3.63, 3.8) is 0 Å². The van der Waals surface area contributed by atoms with Crippen LogP contribution in [0.15, 0.2) is 158 Å². The summed E-state index contributed by atoms with van der Waals surface area (Å²) in [7, 11) is -1.45. The van der Waals surface area contributed by atoms with Gasteiger partial charge < -0.3 is 61.7 Å². The number of benzene rings is 6. The molecule has 27 nitrogen and oxygen atoms in total. The average Bonchev–Trinajstić information content (AvgIpc) is 1.79. The van der Waals surface area contributed by atoms with Crippen molar-refractivity contribution in [1.82, 2.24) is 41.3 Å². The number of sulfone groups is 1. The van der Waals surface area contributed by atoms with Gasteiger partial charge in [-0.3, -0.25) is 57.5 Å². The van der Waals surface area contributed by atoms with Gasteiger partial charge in [0.2, 0.25) is 47.3 Å². The number of allylic oxidation sites excluding steroid dienone is 1. The molecule has 14 atom stereocenters. The van der Waals surface area contributed by atoms with Crippen LogP contribution in [0.1, 0.15) is 118 Å². The van der Waals surface area contributed by atoms with Crippen molar-refractivity contribution in [2.45, 2.75) is 178 Å². The molecule has 2 aliphatic heterocycles. The van der Waals surface area contributed by atoms with Gasteiger partial charge in [0.15, 0.2) is 23.1 Å². The molecule has 0 aromatic heterocycles. The van der Waals surface area contributed by atoms with Gasteiger partial charge in [-0.05, 0) is 153 Å². The Morgan fingerprint density at radius 2 is 1.07 bits per heavy atom. The number of carbonyl (C=O) groups excluding carboxylic acids is 12. The summed E-state index contributed by atoms with van der Waals surface area (Å²) in [6.07, 6.45) is -6.57. The van der Waals surface area contributed by atoms with Crippen molar-refractivity contribution in [2.24, 2.45) is 23.7 Å². The number of halogens is 3. The number of likely N-dealkylation sites (tertiary alicyclic amines) is 1. The largest absolute Gasteiger partial charge is 0.505 e. The molecule has 2 saturated heterocycles. The fourth-order valence-electron chi connectivity index (χ4n) is 15.5. The number of nitrogens with zero attached hydrogens (tertiary/aromatic N) is 3. The number of phenolic OH excluding ortho intramolecular Hbond substituents is 1. The summed E-state index contributed by atoms with van der Waals surface area (Å²) in [5.41, 5.74) is 4.07. The summed E-state index contributed by atoms with van der Waals surface area (Å²) in [6.45, 7) is 3.36. The van der Waals surface area contributed by atoms with Crippen molar-refractivity contribution in [3.05, 3.63) is 213 Å². The van der Waals surface area contributed by atoms with Gasteiger partial charge in [-0.2, -0.15) is 0 Å². The van der Waals surface area contributed by atoms with E-state index in [1.807, 2.05) is 24.3 Å². The highest BCUT2D eigenvalue weighted by atomic mass is 35.5. The molecule has 1 aliphatic carbocycles. The predicted molar refractivity (Wildman–Crippen MR) is 441 cm³/mol. The molecule has 9 N–H and O–H groups in total. The molecule has 2 heterocycles. The van der Waals surface area contributed by atoms with Crippen LogP contribution in [-0.2, 0) is 111 Å². The number of phenols is 1. The monoisotopic (exact) mass is 1690 g/mol. The number of rotatable bonds is 19. The Bertz CT molecular complexity index is 4900. The number of aliphatic carboxylic acids is 1. The van der Waals surface area contributed by atoms with Crippen LogP contribution >= 0.6 is 23.2 Å². The maximum Gasteiger partial charge on any atom is 0.326 e. The molecule has 0 radical (unpaired) electrons. The van der Waals surface area contributed by atoms with Gasteiger partial charge in [0, 0.05) is 93.7 Å². The Labute approximate surface area is 700 Å². The van der Waals surface area contributed by atoms with Crippen LogP contribution in [0.4, 0.5) is 4.39 Å². The van der Waals surface area contributed by atoms with Gasteiger partial charge in [0.1, 0.15) is 57.7 Å². The van der Waals surface area contributed by atoms with Gasteiger partial charge in [-0.1, -0.05) is 145 Å². The van der Waals surface area contributed by atoms with Crippen LogP contribution in [0.3, 0.4) is 0 Å². The second-order valence-corrected chi connectivity index (χ2v) is 34.4. The van der Waals surface area contributed by atoms with Crippen LogP contribution in [0.2, 0.25) is 10.0 Å². The van der Waals surface area contributed by atoms with E-state index in [1.165, 1.54) is 33.2 Å². The number of likely N-dealkylation sites (N-methyl/N-ethyl adjacent to an activating group) is 2. The minimum Gasteiger partial charge on any atom is -0.505 e. The fourth-order valence-corrected chi connectivity index (χ4v) is 16.6. The number of aliphatic hydroxyl groups is 2. The van der Waals surface area contributed by atoms with Crippen LogP contribution in [0.25, 0.3) is 5.57 Å². The number of ketones is 4. The van der Waals surface area contributed by atoms with E-state index in [0.29, 0.717) is 34.2 Å². The predicted octanol–water partition coefficient (Wildman–Crippen LogP) is 6.46. The zero-order valence-corrected chi connectivity index (χ0v) is 69.2. The van der Waals surface area contributed by atoms with E-state index in [0.717, 1.165) is 58.1 Å². The van der Waals surface area contributed by atoms with E-state index in [-0.39, 0.29) is 67.1 Å². The molecule has 0 bridgehead atoms. The molecule has 119 heavy (non-hydrogen) atoms. The first-order chi connectivity index (χ1) is 56.4. The third-order valence-corrected chi connectivity index (χ3v) is 23.6. The molecule has 2 fully saturated rings. The fraction of sp³-hybridized carbons (Fsp3) is 0.420. The maximum absolute atomic E-state index is 16.0. The lowest BCUT2D eigenvalue weighted by Gasteiger charge is -2.33. The van der Waals surface area contributed by atoms with Crippen molar-refractivity contribution >= 4 is 115 Å². The SMILES string of the molecule is C[C@@H]1NC(=O)C[C@@H](C(=O)N2CCC[C@H]2C(=O)O)CC(=O)[C@H](Cc2cccc(Cl)c2)CC(=O)[C@H](Cc2ccc(O)c(F)c2)CC(=O)[C@H](Cc2ccccc2)N(C)C(=O)[C@H](Cc2cccc(Cl)c2)NC(=O)[C@H](CC2=CCc3ccccc32)NC(=O)[C@H]([C@@H](C)O)CC(=O)C(Cc2ccccc2)N(C)C(=O)[C@H](CCS(C)(=O)=O)NC(=O)[C@H]([C@@H](C)O)NC1=O. The maximum atomic E-state index is 16.0. The number of carboxylic acids is 1. The number of aliphatic hydroxyl groups excluding tert-OH is 2. The molecule has 6 aromatic rings. The first kappa shape index (κ1) is 92.0. The quantitative estimate of drug-likeness (QED) is 0.0420. The second-order valence-electron chi connectivity index (χ2n) is 31.2. The Balaban J connectivity index is 1.18. The van der Waals surface area contributed by atoms with Gasteiger partial charge >= 0.3 is 5.97 Å². The molecular weight excluding hydrogens is 1590 g/mol. The molecule has 634 valence electrons. The Morgan fingerprint density at radius 1 is 0.546 bits per heavy atom. The highest BCUT2D eigenvalue weighted by molar-refractivity contribution is 7.90. The topological polar surface area (TPSA) is 407 Å². The lowest BCUT2D eigenvalue weighted by atomic mass is 9.80. The number of carboxylic acid groups (broad SMARTS) is 1. The smallest absolute Gasteiger partial charge is 0.326 e. The minimum atomic E-state index is -3.96. The van der Waals surface area contributed by atoms with Crippen molar-refractivity contribution in [1.29, 1.82) is 0 Å². The summed E-state index contributed by atoms with van der Waals surface area (Å²) in [4.78, 5) is 199.